The van der Waals surface area contributed by atoms with Gasteiger partial charge in [0.25, 0.3) is 0 Å². The molecule has 1 amide bonds. The smallest absolute Gasteiger partial charge is 0.240 e. The molecule has 0 rings (SSSR count). The Hall–Kier alpha value is -1.08. The van der Waals surface area contributed by atoms with E-state index < -0.39 is 5.41 Å². The van der Waals surface area contributed by atoms with Gasteiger partial charge in [-0.2, -0.15) is 5.26 Å². The highest BCUT2D eigenvalue weighted by molar-refractivity contribution is 5.85. The van der Waals surface area contributed by atoms with E-state index in [0.29, 0.717) is 19.4 Å². The Morgan fingerprint density at radius 1 is 1.33 bits per heavy atom. The molecule has 0 heterocycles. The van der Waals surface area contributed by atoms with Crippen molar-refractivity contribution in [2.45, 2.75) is 53.4 Å². The normalized spacial score (nSPS) is 12.0. The van der Waals surface area contributed by atoms with Crippen molar-refractivity contribution >= 4 is 5.91 Å². The van der Waals surface area contributed by atoms with Gasteiger partial charge < -0.3 is 10.4 Å². The number of hydrogen-bond donors (Lipinski definition) is 2. The lowest BCUT2D eigenvalue weighted by atomic mass is 9.82. The Bertz CT molecular complexity index is 301. The lowest BCUT2D eigenvalue weighted by Crippen LogP contribution is -2.43. The third-order valence-corrected chi connectivity index (χ3v) is 3.59. The van der Waals surface area contributed by atoms with Crippen LogP contribution in [-0.2, 0) is 4.79 Å². The predicted octanol–water partition coefficient (Wildman–Crippen LogP) is 2.23. The Kier molecular flexibility index (Phi) is 6.93. The summed E-state index contributed by atoms with van der Waals surface area (Å²) in [6.07, 6.45) is 2.64. The number of carbonyl (C=O) groups excluding carboxylic acids is 1. The van der Waals surface area contributed by atoms with Crippen molar-refractivity contribution in [3.8, 4) is 6.07 Å². The Morgan fingerprint density at radius 2 is 1.89 bits per heavy atom. The van der Waals surface area contributed by atoms with Crippen molar-refractivity contribution in [3.63, 3.8) is 0 Å². The molecule has 2 N–H and O–H groups in total. The van der Waals surface area contributed by atoms with Crippen LogP contribution in [0, 0.1) is 22.2 Å². The van der Waals surface area contributed by atoms with Crippen molar-refractivity contribution in [1.82, 2.24) is 5.32 Å². The van der Waals surface area contributed by atoms with Gasteiger partial charge in [-0.3, -0.25) is 4.79 Å². The highest BCUT2D eigenvalue weighted by atomic mass is 16.2. The predicted molar refractivity (Wildman–Crippen MR) is 71.7 cm³/mol. The molecule has 0 saturated carbocycles. The van der Waals surface area contributed by atoms with E-state index >= 15 is 0 Å². The molecule has 0 aromatic carbocycles. The molecule has 0 unspecified atom stereocenters. The summed E-state index contributed by atoms with van der Waals surface area (Å²) in [5, 5.41) is 20.9. The molecule has 0 fully saturated rings. The molecule has 104 valence electrons. The van der Waals surface area contributed by atoms with E-state index in [1.807, 2.05) is 13.8 Å². The number of aliphatic hydroxyl groups excluding tert-OH is 1. The molecule has 0 radical (unpaired) electrons. The minimum atomic E-state index is -0.896. The summed E-state index contributed by atoms with van der Waals surface area (Å²) in [4.78, 5) is 12.1. The molecule has 0 spiro atoms. The molecule has 0 atom stereocenters. The first-order valence-corrected chi connectivity index (χ1v) is 6.68. The minimum absolute atomic E-state index is 0.0545. The lowest BCUT2D eigenvalue weighted by Gasteiger charge is -2.28. The highest BCUT2D eigenvalue weighted by Crippen LogP contribution is 2.27. The van der Waals surface area contributed by atoms with E-state index in [2.05, 4.69) is 25.2 Å². The van der Waals surface area contributed by atoms with Crippen LogP contribution in [0.5, 0.6) is 0 Å². The van der Waals surface area contributed by atoms with Crippen molar-refractivity contribution in [1.29, 1.82) is 5.26 Å². The van der Waals surface area contributed by atoms with E-state index in [1.165, 1.54) is 0 Å². The standard InChI is InChI=1S/C14H26N2O2/c1-5-14(6-2,10-15)12(18)16-11-13(3,4)8-7-9-17/h17H,5-9,11H2,1-4H3,(H,16,18). The fourth-order valence-corrected chi connectivity index (χ4v) is 1.91. The van der Waals surface area contributed by atoms with Crippen LogP contribution in [0.15, 0.2) is 0 Å². The molecule has 0 aromatic heterocycles. The topological polar surface area (TPSA) is 73.1 Å². The van der Waals surface area contributed by atoms with Crippen LogP contribution >= 0.6 is 0 Å². The third kappa shape index (κ3) is 4.66. The quantitative estimate of drug-likeness (QED) is 0.697. The van der Waals surface area contributed by atoms with E-state index in [9.17, 15) is 10.1 Å². The van der Waals surface area contributed by atoms with Crippen molar-refractivity contribution in [2.24, 2.45) is 10.8 Å². The number of amides is 1. The number of hydrogen-bond acceptors (Lipinski definition) is 3. The van der Waals surface area contributed by atoms with Gasteiger partial charge in [0.1, 0.15) is 5.41 Å². The maximum atomic E-state index is 12.1. The van der Waals surface area contributed by atoms with Crippen LogP contribution < -0.4 is 5.32 Å². The second-order valence-corrected chi connectivity index (χ2v) is 5.58. The second-order valence-electron chi connectivity index (χ2n) is 5.58. The first-order chi connectivity index (χ1) is 8.37. The third-order valence-electron chi connectivity index (χ3n) is 3.59. The van der Waals surface area contributed by atoms with E-state index in [4.69, 9.17) is 5.11 Å². The van der Waals surface area contributed by atoms with Crippen LogP contribution in [-0.4, -0.2) is 24.2 Å². The van der Waals surface area contributed by atoms with Gasteiger partial charge in [-0.05, 0) is 31.1 Å². The molecule has 0 aliphatic carbocycles. The molecule has 0 aromatic rings. The van der Waals surface area contributed by atoms with Gasteiger partial charge >= 0.3 is 0 Å². The van der Waals surface area contributed by atoms with Gasteiger partial charge in [0.2, 0.25) is 5.91 Å². The highest BCUT2D eigenvalue weighted by Gasteiger charge is 2.35. The maximum absolute atomic E-state index is 12.1. The van der Waals surface area contributed by atoms with Crippen LogP contribution in [0.1, 0.15) is 53.4 Å². The monoisotopic (exact) mass is 254 g/mol. The van der Waals surface area contributed by atoms with Gasteiger partial charge in [0.05, 0.1) is 6.07 Å². The van der Waals surface area contributed by atoms with Crippen molar-refractivity contribution in [3.05, 3.63) is 0 Å². The molecule has 0 aliphatic rings. The Balaban J connectivity index is 4.45. The molecular formula is C14H26N2O2. The molecule has 0 aliphatic heterocycles. The molecule has 4 nitrogen and oxygen atoms in total. The van der Waals surface area contributed by atoms with E-state index in [1.54, 1.807) is 0 Å². The molecule has 4 heteroatoms. The maximum Gasteiger partial charge on any atom is 0.240 e. The molecule has 18 heavy (non-hydrogen) atoms. The fourth-order valence-electron chi connectivity index (χ4n) is 1.91. The average molecular weight is 254 g/mol. The number of nitrogens with zero attached hydrogens (tertiary/aromatic N) is 1. The SMILES string of the molecule is CCC(C#N)(CC)C(=O)NCC(C)(C)CCCO. The molecule has 0 saturated heterocycles. The van der Waals surface area contributed by atoms with Crippen molar-refractivity contribution < 1.29 is 9.90 Å². The molecule has 0 bridgehead atoms. The number of aliphatic hydroxyl groups is 1. The summed E-state index contributed by atoms with van der Waals surface area (Å²) >= 11 is 0. The average Bonchev–Trinajstić information content (AvgIpc) is 2.37. The van der Waals surface area contributed by atoms with Gasteiger partial charge in [0, 0.05) is 13.2 Å². The van der Waals surface area contributed by atoms with Gasteiger partial charge in [-0.25, -0.2) is 0 Å². The first-order valence-electron chi connectivity index (χ1n) is 6.68. The number of rotatable bonds is 8. The second kappa shape index (κ2) is 7.38. The van der Waals surface area contributed by atoms with E-state index in [0.717, 1.165) is 12.8 Å². The fraction of sp³-hybridized carbons (Fsp3) is 0.857. The lowest BCUT2D eigenvalue weighted by molar-refractivity contribution is -0.129. The zero-order valence-electron chi connectivity index (χ0n) is 12.0. The number of carbonyl (C=O) groups is 1. The van der Waals surface area contributed by atoms with E-state index in [-0.39, 0.29) is 17.9 Å². The van der Waals surface area contributed by atoms with Gasteiger partial charge in [-0.1, -0.05) is 27.7 Å². The summed E-state index contributed by atoms with van der Waals surface area (Å²) in [5.74, 6) is -0.174. The van der Waals surface area contributed by atoms with Crippen molar-refractivity contribution in [2.75, 3.05) is 13.2 Å². The van der Waals surface area contributed by atoms with Gasteiger partial charge in [0.15, 0.2) is 0 Å². The zero-order valence-corrected chi connectivity index (χ0v) is 12.0. The van der Waals surface area contributed by atoms with Crippen LogP contribution in [0.4, 0.5) is 0 Å². The number of nitriles is 1. The number of nitrogens with one attached hydrogen (secondary N) is 1. The largest absolute Gasteiger partial charge is 0.396 e. The summed E-state index contributed by atoms with van der Waals surface area (Å²) in [5.41, 5.74) is -0.950. The zero-order chi connectivity index (χ0) is 14.2. The van der Waals surface area contributed by atoms with Crippen LogP contribution in [0.2, 0.25) is 0 Å². The summed E-state index contributed by atoms with van der Waals surface area (Å²) < 4.78 is 0. The van der Waals surface area contributed by atoms with Crippen LogP contribution in [0.25, 0.3) is 0 Å². The van der Waals surface area contributed by atoms with Gasteiger partial charge in [-0.15, -0.1) is 0 Å². The first kappa shape index (κ1) is 16.9. The Labute approximate surface area is 110 Å². The molecular weight excluding hydrogens is 228 g/mol. The van der Waals surface area contributed by atoms with Crippen LogP contribution in [0.3, 0.4) is 0 Å². The summed E-state index contributed by atoms with van der Waals surface area (Å²) in [6.45, 7) is 8.54. The minimum Gasteiger partial charge on any atom is -0.396 e. The summed E-state index contributed by atoms with van der Waals surface area (Å²) in [7, 11) is 0. The summed E-state index contributed by atoms with van der Waals surface area (Å²) in [6, 6.07) is 2.14. The Morgan fingerprint density at radius 3 is 2.28 bits per heavy atom.